The monoisotopic (exact) mass is 182 g/mol. The Bertz CT molecular complexity index is 54.5. The van der Waals surface area contributed by atoms with Crippen LogP contribution in [0.2, 0.25) is 0 Å². The van der Waals surface area contributed by atoms with Crippen LogP contribution in [0.3, 0.4) is 0 Å². The first-order chi connectivity index (χ1) is 3.66. The van der Waals surface area contributed by atoms with Gasteiger partial charge in [0.2, 0.25) is 0 Å². The Balaban J connectivity index is 3.10. The minimum absolute atomic E-state index is 0.475. The average molecular weight is 183 g/mol. The third kappa shape index (κ3) is 4.57. The maximum absolute atomic E-state index is 12.3. The SMILES string of the molecule is CC(C)C[C@H](F)CBr. The quantitative estimate of drug-likeness (QED) is 0.590. The molecule has 2 heteroatoms. The van der Waals surface area contributed by atoms with Crippen LogP contribution in [0.15, 0.2) is 0 Å². The number of hydrogen-bond donors (Lipinski definition) is 0. The van der Waals surface area contributed by atoms with Crippen LogP contribution in [0.25, 0.3) is 0 Å². The lowest BCUT2D eigenvalue weighted by Crippen LogP contribution is -2.04. The molecule has 0 N–H and O–H groups in total. The molecule has 0 aliphatic carbocycles. The molecule has 1 atom stereocenters. The molecule has 0 nitrogen and oxygen atoms in total. The van der Waals surface area contributed by atoms with Gasteiger partial charge in [0.1, 0.15) is 6.17 Å². The highest BCUT2D eigenvalue weighted by Gasteiger charge is 2.05. The fraction of sp³-hybridized carbons (Fsp3) is 1.00. The van der Waals surface area contributed by atoms with E-state index in [9.17, 15) is 4.39 Å². The molecule has 0 aliphatic heterocycles. The molecular weight excluding hydrogens is 171 g/mol. The summed E-state index contributed by atoms with van der Waals surface area (Å²) >= 11 is 3.07. The molecule has 0 aromatic rings. The Morgan fingerprint density at radius 1 is 1.50 bits per heavy atom. The Labute approximate surface area is 58.6 Å². The minimum atomic E-state index is -0.657. The molecule has 0 aliphatic rings. The third-order valence-corrected chi connectivity index (χ3v) is 1.60. The summed E-state index contributed by atoms with van der Waals surface area (Å²) in [6, 6.07) is 0. The third-order valence-electron chi connectivity index (χ3n) is 0.895. The van der Waals surface area contributed by atoms with Crippen molar-refractivity contribution in [2.75, 3.05) is 5.33 Å². The van der Waals surface area contributed by atoms with E-state index in [1.807, 2.05) is 13.8 Å². The Kier molecular flexibility index (Phi) is 4.53. The van der Waals surface area contributed by atoms with Crippen molar-refractivity contribution in [3.05, 3.63) is 0 Å². The summed E-state index contributed by atoms with van der Waals surface area (Å²) in [5.41, 5.74) is 0. The highest BCUT2D eigenvalue weighted by molar-refractivity contribution is 9.09. The zero-order chi connectivity index (χ0) is 6.57. The number of alkyl halides is 2. The Hall–Kier alpha value is 0.410. The zero-order valence-corrected chi connectivity index (χ0v) is 6.91. The van der Waals surface area contributed by atoms with Crippen LogP contribution in [0, 0.1) is 5.92 Å². The highest BCUT2D eigenvalue weighted by atomic mass is 79.9. The lowest BCUT2D eigenvalue weighted by molar-refractivity contribution is 0.313. The van der Waals surface area contributed by atoms with Gasteiger partial charge >= 0.3 is 0 Å². The summed E-state index contributed by atoms with van der Waals surface area (Å²) in [4.78, 5) is 0. The van der Waals surface area contributed by atoms with E-state index in [4.69, 9.17) is 0 Å². The van der Waals surface area contributed by atoms with Gasteiger partial charge in [0.25, 0.3) is 0 Å². The van der Waals surface area contributed by atoms with E-state index in [1.54, 1.807) is 0 Å². The summed E-state index contributed by atoms with van der Waals surface area (Å²) in [7, 11) is 0. The number of halogens is 2. The molecule has 0 fully saturated rings. The first-order valence-electron chi connectivity index (χ1n) is 2.86. The van der Waals surface area contributed by atoms with E-state index in [2.05, 4.69) is 15.9 Å². The van der Waals surface area contributed by atoms with Crippen molar-refractivity contribution < 1.29 is 4.39 Å². The van der Waals surface area contributed by atoms with Gasteiger partial charge in [-0.05, 0) is 12.3 Å². The van der Waals surface area contributed by atoms with Crippen LogP contribution in [-0.2, 0) is 0 Å². The molecule has 0 saturated carbocycles. The molecule has 0 unspecified atom stereocenters. The highest BCUT2D eigenvalue weighted by Crippen LogP contribution is 2.09. The first-order valence-corrected chi connectivity index (χ1v) is 3.99. The van der Waals surface area contributed by atoms with Crippen molar-refractivity contribution in [2.45, 2.75) is 26.4 Å². The van der Waals surface area contributed by atoms with Crippen molar-refractivity contribution in [3.8, 4) is 0 Å². The first kappa shape index (κ1) is 8.41. The van der Waals surface area contributed by atoms with Crippen molar-refractivity contribution in [2.24, 2.45) is 5.92 Å². The van der Waals surface area contributed by atoms with Crippen LogP contribution in [0.4, 0.5) is 4.39 Å². The van der Waals surface area contributed by atoms with Crippen molar-refractivity contribution in [1.29, 1.82) is 0 Å². The van der Waals surface area contributed by atoms with Gasteiger partial charge in [0, 0.05) is 5.33 Å². The average Bonchev–Trinajstić information content (AvgIpc) is 1.65. The van der Waals surface area contributed by atoms with Crippen molar-refractivity contribution >= 4 is 15.9 Å². The molecule has 0 amide bonds. The van der Waals surface area contributed by atoms with Crippen LogP contribution in [0.1, 0.15) is 20.3 Å². The normalized spacial score (nSPS) is 14.6. The lowest BCUT2D eigenvalue weighted by atomic mass is 10.1. The van der Waals surface area contributed by atoms with Gasteiger partial charge in [-0.1, -0.05) is 29.8 Å². The van der Waals surface area contributed by atoms with E-state index in [1.165, 1.54) is 0 Å². The zero-order valence-electron chi connectivity index (χ0n) is 5.32. The molecule has 0 aromatic carbocycles. The van der Waals surface area contributed by atoms with E-state index in [0.29, 0.717) is 17.7 Å². The van der Waals surface area contributed by atoms with E-state index < -0.39 is 6.17 Å². The van der Waals surface area contributed by atoms with Crippen molar-refractivity contribution in [3.63, 3.8) is 0 Å². The molecule has 0 saturated heterocycles. The fourth-order valence-electron chi connectivity index (χ4n) is 0.575. The fourth-order valence-corrected chi connectivity index (χ4v) is 0.839. The second-order valence-corrected chi connectivity index (χ2v) is 3.03. The molecule has 0 spiro atoms. The standard InChI is InChI=1S/C6H12BrF/c1-5(2)3-6(8)4-7/h5-6H,3-4H2,1-2H3/t6-/m0/s1. The van der Waals surface area contributed by atoms with Gasteiger partial charge in [-0.15, -0.1) is 0 Å². The molecule has 8 heavy (non-hydrogen) atoms. The van der Waals surface area contributed by atoms with Crippen LogP contribution < -0.4 is 0 Å². The van der Waals surface area contributed by atoms with E-state index in [-0.39, 0.29) is 0 Å². The van der Waals surface area contributed by atoms with Gasteiger partial charge in [0.05, 0.1) is 0 Å². The van der Waals surface area contributed by atoms with Gasteiger partial charge in [-0.25, -0.2) is 4.39 Å². The summed E-state index contributed by atoms with van der Waals surface area (Å²) in [5, 5.41) is 0.477. The molecule has 0 heterocycles. The Morgan fingerprint density at radius 3 is 2.12 bits per heavy atom. The molecular formula is C6H12BrF. The Morgan fingerprint density at radius 2 is 2.00 bits per heavy atom. The lowest BCUT2D eigenvalue weighted by Gasteiger charge is -2.05. The van der Waals surface area contributed by atoms with Gasteiger partial charge in [0.15, 0.2) is 0 Å². The second-order valence-electron chi connectivity index (χ2n) is 2.38. The van der Waals surface area contributed by atoms with Crippen molar-refractivity contribution in [1.82, 2.24) is 0 Å². The molecule has 0 bridgehead atoms. The molecule has 50 valence electrons. The summed E-state index contributed by atoms with van der Waals surface area (Å²) in [5.74, 6) is 0.475. The maximum Gasteiger partial charge on any atom is 0.110 e. The summed E-state index contributed by atoms with van der Waals surface area (Å²) in [6.45, 7) is 4.05. The van der Waals surface area contributed by atoms with E-state index >= 15 is 0 Å². The summed E-state index contributed by atoms with van der Waals surface area (Å²) in [6.07, 6.45) is 0.0145. The number of hydrogen-bond acceptors (Lipinski definition) is 0. The minimum Gasteiger partial charge on any atom is -0.247 e. The largest absolute Gasteiger partial charge is 0.247 e. The molecule has 0 radical (unpaired) electrons. The smallest absolute Gasteiger partial charge is 0.110 e. The topological polar surface area (TPSA) is 0 Å². The predicted octanol–water partition coefficient (Wildman–Crippen LogP) is 2.77. The van der Waals surface area contributed by atoms with E-state index in [0.717, 1.165) is 0 Å². The van der Waals surface area contributed by atoms with Crippen LogP contribution >= 0.6 is 15.9 Å². The van der Waals surface area contributed by atoms with Gasteiger partial charge in [-0.3, -0.25) is 0 Å². The van der Waals surface area contributed by atoms with Gasteiger partial charge in [-0.2, -0.15) is 0 Å². The number of rotatable bonds is 3. The maximum atomic E-state index is 12.3. The second kappa shape index (κ2) is 4.30. The molecule has 0 aromatic heterocycles. The van der Waals surface area contributed by atoms with Crippen LogP contribution in [-0.4, -0.2) is 11.5 Å². The van der Waals surface area contributed by atoms with Crippen LogP contribution in [0.5, 0.6) is 0 Å². The van der Waals surface area contributed by atoms with Gasteiger partial charge < -0.3 is 0 Å². The molecule has 0 rings (SSSR count). The predicted molar refractivity (Wildman–Crippen MR) is 38.1 cm³/mol. The summed E-state index contributed by atoms with van der Waals surface area (Å²) < 4.78 is 12.3.